The van der Waals surface area contributed by atoms with Crippen LogP contribution >= 0.6 is 11.3 Å². The third-order valence-corrected chi connectivity index (χ3v) is 4.30. The van der Waals surface area contributed by atoms with E-state index in [4.69, 9.17) is 0 Å². The third kappa shape index (κ3) is 4.29. The Morgan fingerprint density at radius 1 is 1.24 bits per heavy atom. The molecule has 0 aliphatic rings. The zero-order chi connectivity index (χ0) is 15.1. The molecule has 1 aromatic heterocycles. The summed E-state index contributed by atoms with van der Waals surface area (Å²) in [5, 5.41) is 7.68. The van der Waals surface area contributed by atoms with Gasteiger partial charge in [0.15, 0.2) is 5.96 Å². The van der Waals surface area contributed by atoms with Gasteiger partial charge in [-0.05, 0) is 13.3 Å². The zero-order valence-corrected chi connectivity index (χ0v) is 13.6. The molecule has 0 fully saturated rings. The highest BCUT2D eigenvalue weighted by atomic mass is 32.1. The quantitative estimate of drug-likeness (QED) is 0.659. The monoisotopic (exact) mass is 302 g/mol. The topological polar surface area (TPSA) is 49.3 Å². The maximum absolute atomic E-state index is 4.67. The van der Waals surface area contributed by atoms with Crippen molar-refractivity contribution in [3.05, 3.63) is 40.9 Å². The van der Waals surface area contributed by atoms with Crippen LogP contribution in [-0.4, -0.2) is 24.5 Å². The molecule has 2 aromatic rings. The van der Waals surface area contributed by atoms with Gasteiger partial charge in [0.2, 0.25) is 0 Å². The van der Waals surface area contributed by atoms with Crippen LogP contribution in [0.5, 0.6) is 0 Å². The summed E-state index contributed by atoms with van der Waals surface area (Å²) in [7, 11) is 1.79. The van der Waals surface area contributed by atoms with Crippen LogP contribution in [0.4, 0.5) is 0 Å². The molecule has 0 saturated carbocycles. The van der Waals surface area contributed by atoms with E-state index in [1.807, 2.05) is 18.2 Å². The van der Waals surface area contributed by atoms with Gasteiger partial charge in [-0.1, -0.05) is 37.3 Å². The van der Waals surface area contributed by atoms with Gasteiger partial charge in [-0.15, -0.1) is 11.3 Å². The highest BCUT2D eigenvalue weighted by Crippen LogP contribution is 2.27. The molecule has 112 valence electrons. The lowest BCUT2D eigenvalue weighted by atomic mass is 10.2. The maximum Gasteiger partial charge on any atom is 0.191 e. The number of thiazole rings is 1. The number of aliphatic imine (C=N–C) groups is 1. The van der Waals surface area contributed by atoms with Gasteiger partial charge in [0.05, 0.1) is 12.2 Å². The van der Waals surface area contributed by atoms with Crippen LogP contribution in [0.3, 0.4) is 0 Å². The lowest BCUT2D eigenvalue weighted by molar-refractivity contribution is 0.783. The van der Waals surface area contributed by atoms with Crippen molar-refractivity contribution in [1.82, 2.24) is 15.6 Å². The Morgan fingerprint density at radius 2 is 2.00 bits per heavy atom. The lowest BCUT2D eigenvalue weighted by Gasteiger charge is -2.10. The van der Waals surface area contributed by atoms with Crippen LogP contribution in [0.25, 0.3) is 10.6 Å². The van der Waals surface area contributed by atoms with Gasteiger partial charge in [-0.3, -0.25) is 4.99 Å². The second-order valence-electron chi connectivity index (χ2n) is 4.75. The minimum absolute atomic E-state index is 0.750. The van der Waals surface area contributed by atoms with Crippen LogP contribution in [0.1, 0.15) is 23.9 Å². The van der Waals surface area contributed by atoms with E-state index >= 15 is 0 Å². The van der Waals surface area contributed by atoms with Crippen molar-refractivity contribution in [2.45, 2.75) is 26.8 Å². The van der Waals surface area contributed by atoms with Gasteiger partial charge in [0, 0.05) is 24.0 Å². The summed E-state index contributed by atoms with van der Waals surface area (Å²) < 4.78 is 0. The molecule has 21 heavy (non-hydrogen) atoms. The van der Waals surface area contributed by atoms with E-state index in [2.05, 4.69) is 46.6 Å². The molecule has 0 spiro atoms. The van der Waals surface area contributed by atoms with Crippen LogP contribution in [0, 0.1) is 6.92 Å². The van der Waals surface area contributed by atoms with Crippen molar-refractivity contribution in [2.24, 2.45) is 4.99 Å². The Labute approximate surface area is 130 Å². The molecule has 5 heteroatoms. The average molecular weight is 302 g/mol. The molecule has 0 bridgehead atoms. The van der Waals surface area contributed by atoms with Crippen molar-refractivity contribution in [3.63, 3.8) is 0 Å². The number of hydrogen-bond donors (Lipinski definition) is 2. The number of guanidine groups is 1. The minimum Gasteiger partial charge on any atom is -0.356 e. The highest BCUT2D eigenvalue weighted by molar-refractivity contribution is 7.15. The largest absolute Gasteiger partial charge is 0.356 e. The fourth-order valence-electron chi connectivity index (χ4n) is 1.92. The Hall–Kier alpha value is -1.88. The number of hydrogen-bond acceptors (Lipinski definition) is 3. The molecular weight excluding hydrogens is 280 g/mol. The van der Waals surface area contributed by atoms with E-state index in [1.165, 1.54) is 10.4 Å². The first kappa shape index (κ1) is 15.5. The molecule has 0 radical (unpaired) electrons. The van der Waals surface area contributed by atoms with Crippen LogP contribution < -0.4 is 10.6 Å². The summed E-state index contributed by atoms with van der Waals surface area (Å²) in [6, 6.07) is 10.3. The standard InChI is InChI=1S/C16H22N4S/c1-4-10-18-16(17-3)19-11-14-12(2)20-15(21-14)13-8-6-5-7-9-13/h5-9H,4,10-11H2,1-3H3,(H2,17,18,19). The number of nitrogens with one attached hydrogen (secondary N) is 2. The van der Waals surface area contributed by atoms with Gasteiger partial charge < -0.3 is 10.6 Å². The Bertz CT molecular complexity index is 590. The third-order valence-electron chi connectivity index (χ3n) is 3.10. The van der Waals surface area contributed by atoms with Crippen molar-refractivity contribution >= 4 is 17.3 Å². The molecule has 2 rings (SSSR count). The number of benzene rings is 1. The van der Waals surface area contributed by atoms with Gasteiger partial charge >= 0.3 is 0 Å². The summed E-state index contributed by atoms with van der Waals surface area (Å²) in [6.45, 7) is 5.87. The van der Waals surface area contributed by atoms with E-state index in [-0.39, 0.29) is 0 Å². The predicted octanol–water partition coefficient (Wildman–Crippen LogP) is 3.19. The summed E-state index contributed by atoms with van der Waals surface area (Å²) in [5.74, 6) is 0.839. The number of rotatable bonds is 5. The Kier molecular flexibility index (Phi) is 5.75. The molecular formula is C16H22N4S. The second-order valence-corrected chi connectivity index (χ2v) is 5.83. The molecule has 0 aliphatic heterocycles. The van der Waals surface area contributed by atoms with Crippen molar-refractivity contribution in [2.75, 3.05) is 13.6 Å². The first-order valence-corrected chi connectivity index (χ1v) is 8.02. The summed E-state index contributed by atoms with van der Waals surface area (Å²) in [4.78, 5) is 10.1. The van der Waals surface area contributed by atoms with E-state index < -0.39 is 0 Å². The summed E-state index contributed by atoms with van der Waals surface area (Å²) >= 11 is 1.73. The normalized spacial score (nSPS) is 11.5. The second kappa shape index (κ2) is 7.78. The van der Waals surface area contributed by atoms with Gasteiger partial charge in [-0.25, -0.2) is 4.98 Å². The zero-order valence-electron chi connectivity index (χ0n) is 12.8. The fraction of sp³-hybridized carbons (Fsp3) is 0.375. The van der Waals surface area contributed by atoms with Crippen LogP contribution in [0.15, 0.2) is 35.3 Å². The first-order valence-electron chi connectivity index (χ1n) is 7.20. The Balaban J connectivity index is 2.03. The minimum atomic E-state index is 0.750. The maximum atomic E-state index is 4.67. The van der Waals surface area contributed by atoms with Crippen LogP contribution in [0.2, 0.25) is 0 Å². The van der Waals surface area contributed by atoms with Gasteiger partial charge in [0.1, 0.15) is 5.01 Å². The van der Waals surface area contributed by atoms with E-state index in [0.717, 1.165) is 36.2 Å². The molecule has 0 amide bonds. The Morgan fingerprint density at radius 3 is 2.67 bits per heavy atom. The average Bonchev–Trinajstić information content (AvgIpc) is 2.90. The summed E-state index contributed by atoms with van der Waals surface area (Å²) in [5.41, 5.74) is 2.25. The van der Waals surface area contributed by atoms with Gasteiger partial charge in [-0.2, -0.15) is 0 Å². The SMILES string of the molecule is CCCNC(=NC)NCc1sc(-c2ccccc2)nc1C. The highest BCUT2D eigenvalue weighted by Gasteiger charge is 2.09. The van der Waals surface area contributed by atoms with E-state index in [9.17, 15) is 0 Å². The smallest absolute Gasteiger partial charge is 0.191 e. The molecule has 0 aliphatic carbocycles. The molecule has 2 N–H and O–H groups in total. The van der Waals surface area contributed by atoms with Crippen molar-refractivity contribution < 1.29 is 0 Å². The molecule has 1 aromatic carbocycles. The lowest BCUT2D eigenvalue weighted by Crippen LogP contribution is -2.37. The first-order chi connectivity index (χ1) is 10.2. The molecule has 0 atom stereocenters. The van der Waals surface area contributed by atoms with E-state index in [1.54, 1.807) is 18.4 Å². The molecule has 4 nitrogen and oxygen atoms in total. The predicted molar refractivity (Wildman–Crippen MR) is 90.8 cm³/mol. The van der Waals surface area contributed by atoms with Crippen molar-refractivity contribution in [3.8, 4) is 10.6 Å². The molecule has 0 saturated heterocycles. The van der Waals surface area contributed by atoms with Crippen LogP contribution in [-0.2, 0) is 6.54 Å². The number of aryl methyl sites for hydroxylation is 1. The van der Waals surface area contributed by atoms with Crippen molar-refractivity contribution in [1.29, 1.82) is 0 Å². The summed E-state index contributed by atoms with van der Waals surface area (Å²) in [6.07, 6.45) is 1.08. The molecule has 1 heterocycles. The number of aromatic nitrogens is 1. The van der Waals surface area contributed by atoms with E-state index in [0.29, 0.717) is 0 Å². The fourth-order valence-corrected chi connectivity index (χ4v) is 2.93. The van der Waals surface area contributed by atoms with Gasteiger partial charge in [0.25, 0.3) is 0 Å². The molecule has 0 unspecified atom stereocenters. The number of nitrogens with zero attached hydrogens (tertiary/aromatic N) is 2.